The lowest BCUT2D eigenvalue weighted by Crippen LogP contribution is -2.52. The molecule has 1 unspecified atom stereocenters. The lowest BCUT2D eigenvalue weighted by atomic mass is 10.0. The summed E-state index contributed by atoms with van der Waals surface area (Å²) in [6.07, 6.45) is 0.559. The van der Waals surface area contributed by atoms with Gasteiger partial charge in [-0.15, -0.1) is 0 Å². The Morgan fingerprint density at radius 2 is 2.04 bits per heavy atom. The van der Waals surface area contributed by atoms with E-state index in [0.29, 0.717) is 23.6 Å². The normalized spacial score (nSPS) is 19.7. The van der Waals surface area contributed by atoms with E-state index in [-0.39, 0.29) is 31.3 Å². The molecule has 0 spiro atoms. The maximum atomic E-state index is 12.8. The van der Waals surface area contributed by atoms with Crippen LogP contribution < -0.4 is 11.1 Å². The zero-order valence-corrected chi connectivity index (χ0v) is 14.2. The quantitative estimate of drug-likeness (QED) is 0.730. The Balaban J connectivity index is 1.70. The number of hydrogen-bond donors (Lipinski definition) is 2. The minimum atomic E-state index is -0.642. The molecule has 1 saturated heterocycles. The van der Waals surface area contributed by atoms with Crippen LogP contribution in [0.1, 0.15) is 34.6 Å². The van der Waals surface area contributed by atoms with Crippen LogP contribution in [0.4, 0.5) is 0 Å². The van der Waals surface area contributed by atoms with Crippen molar-refractivity contribution >= 4 is 17.7 Å². The molecule has 1 atom stereocenters. The van der Waals surface area contributed by atoms with Gasteiger partial charge in [-0.2, -0.15) is 5.10 Å². The fourth-order valence-electron chi connectivity index (χ4n) is 3.50. The number of fused-ring (bicyclic) bond motifs is 1. The monoisotopic (exact) mass is 354 g/mol. The lowest BCUT2D eigenvalue weighted by molar-refractivity contribution is -0.136. The largest absolute Gasteiger partial charge is 0.324 e. The molecular formula is C17H18N6O3. The van der Waals surface area contributed by atoms with E-state index in [1.165, 1.54) is 4.90 Å². The first-order valence-electron chi connectivity index (χ1n) is 8.36. The Labute approximate surface area is 149 Å². The summed E-state index contributed by atoms with van der Waals surface area (Å²) in [4.78, 5) is 42.3. The number of aryl methyl sites for hydroxylation is 1. The second-order valence-corrected chi connectivity index (χ2v) is 6.41. The van der Waals surface area contributed by atoms with E-state index in [9.17, 15) is 14.4 Å². The molecule has 9 nitrogen and oxygen atoms in total. The average Bonchev–Trinajstić information content (AvgIpc) is 3.15. The minimum absolute atomic E-state index is 0.216. The number of nitrogens with two attached hydrogens (primary N) is 1. The Kier molecular flexibility index (Phi) is 3.80. The van der Waals surface area contributed by atoms with Crippen molar-refractivity contribution in [1.82, 2.24) is 25.0 Å². The summed E-state index contributed by atoms with van der Waals surface area (Å²) in [6.45, 7) is 0.548. The third kappa shape index (κ3) is 2.48. The minimum Gasteiger partial charge on any atom is -0.324 e. The molecule has 26 heavy (non-hydrogen) atoms. The predicted octanol–water partition coefficient (Wildman–Crippen LogP) is -0.298. The number of rotatable bonds is 3. The van der Waals surface area contributed by atoms with Gasteiger partial charge in [0.15, 0.2) is 5.82 Å². The number of piperidine rings is 1. The maximum absolute atomic E-state index is 12.8. The van der Waals surface area contributed by atoms with Gasteiger partial charge in [-0.3, -0.25) is 24.4 Å². The number of nitrogens with zero attached hydrogens (tertiary/aromatic N) is 4. The van der Waals surface area contributed by atoms with Crippen molar-refractivity contribution in [1.29, 1.82) is 0 Å². The van der Waals surface area contributed by atoms with Crippen LogP contribution in [0.15, 0.2) is 18.2 Å². The lowest BCUT2D eigenvalue weighted by Gasteiger charge is -2.29. The zero-order chi connectivity index (χ0) is 18.4. The molecule has 9 heteroatoms. The van der Waals surface area contributed by atoms with E-state index in [2.05, 4.69) is 15.4 Å². The summed E-state index contributed by atoms with van der Waals surface area (Å²) < 4.78 is 1.61. The van der Waals surface area contributed by atoms with Crippen molar-refractivity contribution in [2.45, 2.75) is 32.0 Å². The van der Waals surface area contributed by atoms with Crippen LogP contribution >= 0.6 is 0 Å². The van der Waals surface area contributed by atoms with Crippen molar-refractivity contribution in [3.8, 4) is 11.4 Å². The number of aromatic nitrogens is 3. The Morgan fingerprint density at radius 1 is 1.27 bits per heavy atom. The van der Waals surface area contributed by atoms with Gasteiger partial charge in [-0.25, -0.2) is 4.98 Å². The van der Waals surface area contributed by atoms with Crippen LogP contribution in [0, 0.1) is 0 Å². The fourth-order valence-corrected chi connectivity index (χ4v) is 3.50. The molecule has 3 amide bonds. The molecule has 3 N–H and O–H groups in total. The molecule has 2 aliphatic heterocycles. The highest BCUT2D eigenvalue weighted by molar-refractivity contribution is 6.06. The van der Waals surface area contributed by atoms with Gasteiger partial charge >= 0.3 is 0 Å². The van der Waals surface area contributed by atoms with Gasteiger partial charge in [0.25, 0.3) is 5.91 Å². The molecule has 1 fully saturated rings. The van der Waals surface area contributed by atoms with Gasteiger partial charge < -0.3 is 10.6 Å². The number of carbonyl (C=O) groups is 3. The molecule has 1 aromatic carbocycles. The third-order valence-electron chi connectivity index (χ3n) is 4.86. The summed E-state index contributed by atoms with van der Waals surface area (Å²) in [5.41, 5.74) is 7.74. The molecule has 134 valence electrons. The van der Waals surface area contributed by atoms with Gasteiger partial charge in [0.05, 0.1) is 6.54 Å². The molecule has 0 radical (unpaired) electrons. The predicted molar refractivity (Wildman–Crippen MR) is 90.4 cm³/mol. The van der Waals surface area contributed by atoms with Gasteiger partial charge in [0, 0.05) is 31.1 Å². The summed E-state index contributed by atoms with van der Waals surface area (Å²) in [7, 11) is 1.77. The van der Waals surface area contributed by atoms with Crippen LogP contribution in [0.3, 0.4) is 0 Å². The van der Waals surface area contributed by atoms with E-state index in [0.717, 1.165) is 11.1 Å². The summed E-state index contributed by atoms with van der Waals surface area (Å²) >= 11 is 0. The van der Waals surface area contributed by atoms with Crippen LogP contribution in [-0.2, 0) is 29.7 Å². The molecule has 2 aliphatic rings. The Morgan fingerprint density at radius 3 is 2.73 bits per heavy atom. The van der Waals surface area contributed by atoms with Gasteiger partial charge in [-0.1, -0.05) is 12.1 Å². The standard InChI is InChI=1S/C17H18N6O3/c1-22-13(7-18)19-15(21-22)9-3-2-4-10-11(9)8-23(17(10)26)12-5-6-14(24)20-16(12)25/h2-4,12H,5-8,18H2,1H3,(H,20,24,25). The van der Waals surface area contributed by atoms with Gasteiger partial charge in [0.1, 0.15) is 11.9 Å². The van der Waals surface area contributed by atoms with Crippen molar-refractivity contribution in [2.75, 3.05) is 0 Å². The number of hydrogen-bond acceptors (Lipinski definition) is 6. The summed E-state index contributed by atoms with van der Waals surface area (Å²) in [5, 5.41) is 6.69. The second kappa shape index (κ2) is 6.03. The van der Waals surface area contributed by atoms with E-state index < -0.39 is 11.9 Å². The highest BCUT2D eigenvalue weighted by Gasteiger charge is 2.40. The smallest absolute Gasteiger partial charge is 0.255 e. The van der Waals surface area contributed by atoms with E-state index in [4.69, 9.17) is 5.73 Å². The molecule has 0 aliphatic carbocycles. The Hall–Kier alpha value is -3.07. The van der Waals surface area contributed by atoms with Crippen molar-refractivity contribution in [3.05, 3.63) is 35.2 Å². The van der Waals surface area contributed by atoms with Crippen LogP contribution in [0.2, 0.25) is 0 Å². The molecule has 0 bridgehead atoms. The molecular weight excluding hydrogens is 336 g/mol. The number of imide groups is 1. The van der Waals surface area contributed by atoms with E-state index in [1.807, 2.05) is 6.07 Å². The highest BCUT2D eigenvalue weighted by Crippen LogP contribution is 2.33. The first kappa shape index (κ1) is 16.4. The van der Waals surface area contributed by atoms with E-state index >= 15 is 0 Å². The van der Waals surface area contributed by atoms with Gasteiger partial charge in [-0.05, 0) is 18.1 Å². The zero-order valence-electron chi connectivity index (χ0n) is 14.2. The molecule has 1 aromatic heterocycles. The first-order chi connectivity index (χ1) is 12.5. The molecule has 0 saturated carbocycles. The molecule has 3 heterocycles. The van der Waals surface area contributed by atoms with Crippen molar-refractivity contribution < 1.29 is 14.4 Å². The van der Waals surface area contributed by atoms with E-state index in [1.54, 1.807) is 23.9 Å². The number of benzene rings is 1. The topological polar surface area (TPSA) is 123 Å². The van der Waals surface area contributed by atoms with Crippen LogP contribution in [0.25, 0.3) is 11.4 Å². The second-order valence-electron chi connectivity index (χ2n) is 6.41. The summed E-state index contributed by atoms with van der Waals surface area (Å²) in [5.74, 6) is 0.200. The third-order valence-corrected chi connectivity index (χ3v) is 4.86. The van der Waals surface area contributed by atoms with Crippen molar-refractivity contribution in [2.24, 2.45) is 12.8 Å². The molecule has 4 rings (SSSR count). The number of carbonyl (C=O) groups excluding carboxylic acids is 3. The number of amides is 3. The van der Waals surface area contributed by atoms with Crippen LogP contribution in [0.5, 0.6) is 0 Å². The van der Waals surface area contributed by atoms with Crippen molar-refractivity contribution in [3.63, 3.8) is 0 Å². The summed E-state index contributed by atoms with van der Waals surface area (Å²) in [6, 6.07) is 4.73. The Bertz CT molecular complexity index is 935. The first-order valence-corrected chi connectivity index (χ1v) is 8.36. The SMILES string of the molecule is Cn1nc(-c2cccc3c2CN(C2CCC(=O)NC2=O)C3=O)nc1CN. The highest BCUT2D eigenvalue weighted by atomic mass is 16.2. The van der Waals surface area contributed by atoms with Gasteiger partial charge in [0.2, 0.25) is 11.8 Å². The van der Waals surface area contributed by atoms with Crippen LogP contribution in [-0.4, -0.2) is 43.4 Å². The maximum Gasteiger partial charge on any atom is 0.255 e. The molecule has 2 aromatic rings. The average molecular weight is 354 g/mol. The fraction of sp³-hybridized carbons (Fsp3) is 0.353. The number of nitrogens with one attached hydrogen (secondary N) is 1.